The van der Waals surface area contributed by atoms with Crippen LogP contribution >= 0.6 is 11.6 Å². The van der Waals surface area contributed by atoms with E-state index in [0.717, 1.165) is 0 Å². The zero-order chi connectivity index (χ0) is 23.8. The number of halogens is 1. The normalized spacial score (nSPS) is 10.5. The Bertz CT molecular complexity index is 1240. The van der Waals surface area contributed by atoms with E-state index in [1.165, 1.54) is 42.6 Å². The van der Waals surface area contributed by atoms with E-state index in [0.29, 0.717) is 21.8 Å². The van der Waals surface area contributed by atoms with Crippen molar-refractivity contribution in [3.8, 4) is 5.75 Å². The van der Waals surface area contributed by atoms with Gasteiger partial charge >= 0.3 is 17.8 Å². The van der Waals surface area contributed by atoms with Crippen LogP contribution < -0.4 is 21.2 Å². The van der Waals surface area contributed by atoms with E-state index in [-0.39, 0.29) is 11.3 Å². The summed E-state index contributed by atoms with van der Waals surface area (Å²) in [5, 5.41) is 6.50. The summed E-state index contributed by atoms with van der Waals surface area (Å²) in [7, 11) is 0. The molecule has 3 aromatic rings. The Morgan fingerprint density at radius 3 is 2.30 bits per heavy atom. The van der Waals surface area contributed by atoms with Gasteiger partial charge in [-0.3, -0.25) is 14.4 Å². The molecule has 33 heavy (non-hydrogen) atoms. The molecule has 10 heteroatoms. The molecule has 3 rings (SSSR count). The molecule has 0 heterocycles. The highest BCUT2D eigenvalue weighted by molar-refractivity contribution is 6.39. The predicted octanol–water partition coefficient (Wildman–Crippen LogP) is 2.75. The van der Waals surface area contributed by atoms with Gasteiger partial charge in [-0.1, -0.05) is 29.8 Å². The second kappa shape index (κ2) is 10.7. The molecule has 0 aliphatic carbocycles. The van der Waals surface area contributed by atoms with Crippen molar-refractivity contribution >= 4 is 47.2 Å². The van der Waals surface area contributed by atoms with E-state index in [4.69, 9.17) is 22.1 Å². The number of hydrogen-bond donors (Lipinski definition) is 3. The lowest BCUT2D eigenvalue weighted by Crippen LogP contribution is -2.32. The molecule has 166 valence electrons. The molecule has 0 unspecified atom stereocenters. The van der Waals surface area contributed by atoms with Crippen molar-refractivity contribution in [1.82, 2.24) is 5.43 Å². The Balaban J connectivity index is 1.55. The number of primary amides is 1. The van der Waals surface area contributed by atoms with E-state index in [2.05, 4.69) is 15.8 Å². The summed E-state index contributed by atoms with van der Waals surface area (Å²) >= 11 is 5.88. The molecule has 0 atom stereocenters. The molecular formula is C23H17ClN4O5. The number of amides is 3. The minimum atomic E-state index is -1.01. The number of ether oxygens (including phenoxy) is 1. The largest absolute Gasteiger partial charge is 0.423 e. The Morgan fingerprint density at radius 2 is 1.61 bits per heavy atom. The van der Waals surface area contributed by atoms with Crippen LogP contribution in [-0.4, -0.2) is 29.9 Å². The number of hydrogen-bond acceptors (Lipinski definition) is 6. The first-order chi connectivity index (χ1) is 15.8. The van der Waals surface area contributed by atoms with Gasteiger partial charge in [0.25, 0.3) is 0 Å². The summed E-state index contributed by atoms with van der Waals surface area (Å²) in [6.45, 7) is 0. The number of anilines is 1. The fourth-order valence-electron chi connectivity index (χ4n) is 2.56. The first kappa shape index (κ1) is 23.2. The Labute approximate surface area is 193 Å². The summed E-state index contributed by atoms with van der Waals surface area (Å²) in [5.41, 5.74) is 8.61. The predicted molar refractivity (Wildman–Crippen MR) is 122 cm³/mol. The van der Waals surface area contributed by atoms with Gasteiger partial charge in [0, 0.05) is 16.3 Å². The SMILES string of the molecule is NC(=O)c1ccc(NC(=O)C(=O)N/N=C/c2cccc(OC(=O)c3cccc(Cl)c3)c2)cc1. The smallest absolute Gasteiger partial charge is 0.343 e. The van der Waals surface area contributed by atoms with Gasteiger partial charge in [0.2, 0.25) is 5.91 Å². The molecule has 4 N–H and O–H groups in total. The molecule has 0 radical (unpaired) electrons. The van der Waals surface area contributed by atoms with Crippen molar-refractivity contribution < 1.29 is 23.9 Å². The number of nitrogens with two attached hydrogens (primary N) is 1. The van der Waals surface area contributed by atoms with Gasteiger partial charge in [0.05, 0.1) is 11.8 Å². The molecule has 3 aromatic carbocycles. The van der Waals surface area contributed by atoms with Gasteiger partial charge in [0.15, 0.2) is 0 Å². The van der Waals surface area contributed by atoms with Crippen LogP contribution in [0.5, 0.6) is 5.75 Å². The quantitative estimate of drug-likeness (QED) is 0.169. The fraction of sp³-hybridized carbons (Fsp3) is 0. The van der Waals surface area contributed by atoms with E-state index in [1.807, 2.05) is 0 Å². The summed E-state index contributed by atoms with van der Waals surface area (Å²) in [6, 6.07) is 18.4. The van der Waals surface area contributed by atoms with Crippen LogP contribution in [-0.2, 0) is 9.59 Å². The topological polar surface area (TPSA) is 140 Å². The molecule has 0 saturated carbocycles. The number of benzene rings is 3. The highest BCUT2D eigenvalue weighted by Crippen LogP contribution is 2.16. The zero-order valence-corrected chi connectivity index (χ0v) is 17.7. The van der Waals surface area contributed by atoms with Crippen LogP contribution in [0.4, 0.5) is 5.69 Å². The molecule has 0 fully saturated rings. The minimum Gasteiger partial charge on any atom is -0.423 e. The molecule has 9 nitrogen and oxygen atoms in total. The van der Waals surface area contributed by atoms with E-state index < -0.39 is 23.7 Å². The highest BCUT2D eigenvalue weighted by Gasteiger charge is 2.13. The van der Waals surface area contributed by atoms with Crippen LogP contribution in [0, 0.1) is 0 Å². The molecule has 0 aliphatic heterocycles. The van der Waals surface area contributed by atoms with Gasteiger partial charge < -0.3 is 15.8 Å². The van der Waals surface area contributed by atoms with Gasteiger partial charge in [0.1, 0.15) is 5.75 Å². The number of rotatable bonds is 6. The van der Waals surface area contributed by atoms with E-state index in [9.17, 15) is 19.2 Å². The molecule has 3 amide bonds. The molecule has 0 saturated heterocycles. The standard InChI is InChI=1S/C23H17ClN4O5/c24-17-5-2-4-16(12-17)23(32)33-19-6-1-3-14(11-19)13-26-28-22(31)21(30)27-18-9-7-15(8-10-18)20(25)29/h1-13H,(H2,25,29)(H,27,30)(H,28,31)/b26-13+. The molecular weight excluding hydrogens is 448 g/mol. The van der Waals surface area contributed by atoms with Gasteiger partial charge in [-0.15, -0.1) is 0 Å². The van der Waals surface area contributed by atoms with Gasteiger partial charge in [-0.05, 0) is 60.2 Å². The number of carbonyl (C=O) groups is 4. The average molecular weight is 465 g/mol. The maximum absolute atomic E-state index is 12.2. The van der Waals surface area contributed by atoms with Crippen LogP contribution in [0.15, 0.2) is 77.9 Å². The average Bonchev–Trinajstić information content (AvgIpc) is 2.79. The van der Waals surface area contributed by atoms with Crippen LogP contribution in [0.2, 0.25) is 5.02 Å². The van der Waals surface area contributed by atoms with Crippen molar-refractivity contribution in [2.75, 3.05) is 5.32 Å². The van der Waals surface area contributed by atoms with E-state index >= 15 is 0 Å². The van der Waals surface area contributed by atoms with E-state index in [1.54, 1.807) is 36.4 Å². The minimum absolute atomic E-state index is 0.257. The Kier molecular flexibility index (Phi) is 7.51. The maximum Gasteiger partial charge on any atom is 0.343 e. The Morgan fingerprint density at radius 1 is 0.879 bits per heavy atom. The maximum atomic E-state index is 12.2. The molecule has 0 aliphatic rings. The van der Waals surface area contributed by atoms with Gasteiger partial charge in [-0.25, -0.2) is 10.2 Å². The zero-order valence-electron chi connectivity index (χ0n) is 16.9. The first-order valence-corrected chi connectivity index (χ1v) is 9.81. The van der Waals surface area contributed by atoms with Crippen molar-refractivity contribution in [3.05, 3.63) is 94.5 Å². The molecule has 0 aromatic heterocycles. The first-order valence-electron chi connectivity index (χ1n) is 9.44. The van der Waals surface area contributed by atoms with Gasteiger partial charge in [-0.2, -0.15) is 5.10 Å². The molecule has 0 spiro atoms. The molecule has 0 bridgehead atoms. The summed E-state index contributed by atoms with van der Waals surface area (Å²) in [4.78, 5) is 47.1. The van der Waals surface area contributed by atoms with Crippen molar-refractivity contribution in [3.63, 3.8) is 0 Å². The summed E-state index contributed by atoms with van der Waals surface area (Å²) in [5.74, 6) is -2.90. The number of hydrazone groups is 1. The van der Waals surface area contributed by atoms with Crippen LogP contribution in [0.1, 0.15) is 26.3 Å². The van der Waals surface area contributed by atoms with Crippen molar-refractivity contribution in [1.29, 1.82) is 0 Å². The summed E-state index contributed by atoms with van der Waals surface area (Å²) < 4.78 is 5.31. The lowest BCUT2D eigenvalue weighted by molar-refractivity contribution is -0.136. The second-order valence-corrected chi connectivity index (χ2v) is 7.00. The number of nitrogens with zero attached hydrogens (tertiary/aromatic N) is 1. The van der Waals surface area contributed by atoms with Crippen molar-refractivity contribution in [2.24, 2.45) is 10.8 Å². The number of esters is 1. The monoisotopic (exact) mass is 464 g/mol. The summed E-state index contributed by atoms with van der Waals surface area (Å²) in [6.07, 6.45) is 1.28. The number of carbonyl (C=O) groups excluding carboxylic acids is 4. The third-order valence-corrected chi connectivity index (χ3v) is 4.38. The van der Waals surface area contributed by atoms with Crippen LogP contribution in [0.3, 0.4) is 0 Å². The van der Waals surface area contributed by atoms with Crippen molar-refractivity contribution in [2.45, 2.75) is 0 Å². The van der Waals surface area contributed by atoms with Crippen LogP contribution in [0.25, 0.3) is 0 Å². The third-order valence-electron chi connectivity index (χ3n) is 4.14. The number of nitrogens with one attached hydrogen (secondary N) is 2. The third kappa shape index (κ3) is 6.74. The fourth-order valence-corrected chi connectivity index (χ4v) is 2.75. The second-order valence-electron chi connectivity index (χ2n) is 6.57. The lowest BCUT2D eigenvalue weighted by atomic mass is 10.2. The Hall–Kier alpha value is -4.50. The highest BCUT2D eigenvalue weighted by atomic mass is 35.5. The lowest BCUT2D eigenvalue weighted by Gasteiger charge is -2.06.